The molecule has 0 amide bonds. The molecule has 0 bridgehead atoms. The number of rotatable bonds is 6. The van der Waals surface area contributed by atoms with Gasteiger partial charge in [0, 0.05) is 18.2 Å². The molecule has 0 N–H and O–H groups in total. The summed E-state index contributed by atoms with van der Waals surface area (Å²) in [6.45, 7) is 5.33. The topological polar surface area (TPSA) is 23.6 Å². The molecule has 0 radical (unpaired) electrons. The Hall–Kier alpha value is -1.33. The number of ketones is 1. The molecule has 1 aromatic carbocycles. The number of likely N-dealkylation sites (N-methyl/N-ethyl adjacent to an activating group) is 2. The Kier molecular flexibility index (Phi) is 5.42. The number of benzene rings is 1. The van der Waals surface area contributed by atoms with Crippen molar-refractivity contribution in [2.75, 3.05) is 33.2 Å². The van der Waals surface area contributed by atoms with Crippen molar-refractivity contribution in [3.05, 3.63) is 35.4 Å². The molecule has 1 unspecified atom stereocenters. The monoisotopic (exact) mass is 296 g/mol. The fraction of sp³-hybridized carbons (Fsp3) is 0.562. The quantitative estimate of drug-likeness (QED) is 0.754. The van der Waals surface area contributed by atoms with Crippen LogP contribution in [0, 0.1) is 11.6 Å². The van der Waals surface area contributed by atoms with E-state index in [4.69, 9.17) is 0 Å². The normalized spacial score (nSPS) is 19.4. The van der Waals surface area contributed by atoms with E-state index in [0.717, 1.165) is 38.2 Å². The number of Topliss-reactive ketones (excluding diaryl/α,β-unsaturated/α-hetero) is 1. The summed E-state index contributed by atoms with van der Waals surface area (Å²) in [5.74, 6) is -2.08. The molecule has 0 aliphatic carbocycles. The van der Waals surface area contributed by atoms with Crippen molar-refractivity contribution in [2.45, 2.75) is 25.8 Å². The second-order valence-corrected chi connectivity index (χ2v) is 5.67. The predicted molar refractivity (Wildman–Crippen MR) is 78.5 cm³/mol. The summed E-state index contributed by atoms with van der Waals surface area (Å²) in [5, 5.41) is 0. The molecule has 1 atom stereocenters. The molecule has 3 nitrogen and oxygen atoms in total. The minimum absolute atomic E-state index is 0.183. The van der Waals surface area contributed by atoms with E-state index in [0.29, 0.717) is 6.04 Å². The highest BCUT2D eigenvalue weighted by Crippen LogP contribution is 2.17. The molecule has 1 aromatic rings. The number of hydrogen-bond acceptors (Lipinski definition) is 3. The molecule has 2 rings (SSSR count). The van der Waals surface area contributed by atoms with Gasteiger partial charge in [-0.2, -0.15) is 0 Å². The maximum atomic E-state index is 13.2. The fourth-order valence-electron chi connectivity index (χ4n) is 2.95. The van der Waals surface area contributed by atoms with Crippen LogP contribution in [-0.2, 0) is 0 Å². The third-order valence-electron chi connectivity index (χ3n) is 4.08. The first-order chi connectivity index (χ1) is 10.0. The van der Waals surface area contributed by atoms with Gasteiger partial charge in [0.15, 0.2) is 17.4 Å². The average molecular weight is 296 g/mol. The first-order valence-electron chi connectivity index (χ1n) is 7.42. The van der Waals surface area contributed by atoms with Crippen molar-refractivity contribution in [3.63, 3.8) is 0 Å². The summed E-state index contributed by atoms with van der Waals surface area (Å²) in [7, 11) is 1.89. The standard InChI is InChI=1S/C16H22F2N2O/c1-3-20-8-4-5-13(20)10-19(2)11-16(21)12-6-7-14(17)15(18)9-12/h6-7,9,13H,3-5,8,10-11H2,1-2H3. The van der Waals surface area contributed by atoms with E-state index in [9.17, 15) is 13.6 Å². The Morgan fingerprint density at radius 1 is 1.38 bits per heavy atom. The molecule has 116 valence electrons. The van der Waals surface area contributed by atoms with Gasteiger partial charge in [-0.25, -0.2) is 8.78 Å². The van der Waals surface area contributed by atoms with Crippen LogP contribution in [0.2, 0.25) is 0 Å². The number of nitrogens with zero attached hydrogens (tertiary/aromatic N) is 2. The molecule has 1 fully saturated rings. The zero-order chi connectivity index (χ0) is 15.4. The van der Waals surface area contributed by atoms with Crippen molar-refractivity contribution in [1.29, 1.82) is 0 Å². The SMILES string of the molecule is CCN1CCCC1CN(C)CC(=O)c1ccc(F)c(F)c1. The maximum absolute atomic E-state index is 13.2. The van der Waals surface area contributed by atoms with Crippen LogP contribution in [0.3, 0.4) is 0 Å². The number of carbonyl (C=O) groups is 1. The van der Waals surface area contributed by atoms with Crippen molar-refractivity contribution in [2.24, 2.45) is 0 Å². The van der Waals surface area contributed by atoms with Gasteiger partial charge in [0.2, 0.25) is 0 Å². The third kappa shape index (κ3) is 4.08. The molecule has 1 aliphatic rings. The van der Waals surface area contributed by atoms with Gasteiger partial charge in [0.25, 0.3) is 0 Å². The van der Waals surface area contributed by atoms with Gasteiger partial charge in [-0.1, -0.05) is 6.92 Å². The summed E-state index contributed by atoms with van der Waals surface area (Å²) < 4.78 is 26.0. The minimum Gasteiger partial charge on any atom is -0.299 e. The number of hydrogen-bond donors (Lipinski definition) is 0. The van der Waals surface area contributed by atoms with Gasteiger partial charge in [-0.15, -0.1) is 0 Å². The molecular formula is C16H22F2N2O. The largest absolute Gasteiger partial charge is 0.299 e. The van der Waals surface area contributed by atoms with Gasteiger partial charge in [0.05, 0.1) is 6.54 Å². The second kappa shape index (κ2) is 7.09. The highest BCUT2D eigenvalue weighted by Gasteiger charge is 2.24. The second-order valence-electron chi connectivity index (χ2n) is 5.67. The summed E-state index contributed by atoms with van der Waals surface area (Å²) in [6, 6.07) is 3.79. The molecule has 0 aromatic heterocycles. The average Bonchev–Trinajstić information content (AvgIpc) is 2.88. The van der Waals surface area contributed by atoms with Crippen LogP contribution in [0.5, 0.6) is 0 Å². The lowest BCUT2D eigenvalue weighted by Crippen LogP contribution is -2.40. The van der Waals surface area contributed by atoms with Crippen molar-refractivity contribution in [3.8, 4) is 0 Å². The van der Waals surface area contributed by atoms with E-state index < -0.39 is 11.6 Å². The van der Waals surface area contributed by atoms with Crippen molar-refractivity contribution in [1.82, 2.24) is 9.80 Å². The molecule has 0 spiro atoms. The molecule has 1 heterocycles. The Labute approximate surface area is 124 Å². The zero-order valence-corrected chi connectivity index (χ0v) is 12.6. The van der Waals surface area contributed by atoms with Crippen LogP contribution in [-0.4, -0.2) is 54.9 Å². The van der Waals surface area contributed by atoms with E-state index in [2.05, 4.69) is 11.8 Å². The van der Waals surface area contributed by atoms with E-state index >= 15 is 0 Å². The Morgan fingerprint density at radius 3 is 2.81 bits per heavy atom. The van der Waals surface area contributed by atoms with Crippen LogP contribution in [0.1, 0.15) is 30.1 Å². The molecule has 1 saturated heterocycles. The first kappa shape index (κ1) is 16.0. The van der Waals surface area contributed by atoms with Crippen LogP contribution < -0.4 is 0 Å². The van der Waals surface area contributed by atoms with Gasteiger partial charge in [-0.05, 0) is 51.2 Å². The summed E-state index contributed by atoms with van der Waals surface area (Å²) in [5.41, 5.74) is 0.222. The Bertz CT molecular complexity index is 507. The lowest BCUT2D eigenvalue weighted by Gasteiger charge is -2.27. The Balaban J connectivity index is 1.91. The zero-order valence-electron chi connectivity index (χ0n) is 12.6. The van der Waals surface area contributed by atoms with Crippen LogP contribution in [0.25, 0.3) is 0 Å². The van der Waals surface area contributed by atoms with Gasteiger partial charge < -0.3 is 0 Å². The lowest BCUT2D eigenvalue weighted by molar-refractivity contribution is 0.0928. The van der Waals surface area contributed by atoms with E-state index in [1.807, 2.05) is 11.9 Å². The van der Waals surface area contributed by atoms with Crippen LogP contribution in [0.4, 0.5) is 8.78 Å². The highest BCUT2D eigenvalue weighted by molar-refractivity contribution is 5.97. The van der Waals surface area contributed by atoms with Gasteiger partial charge in [0.1, 0.15) is 0 Å². The maximum Gasteiger partial charge on any atom is 0.176 e. The lowest BCUT2D eigenvalue weighted by atomic mass is 10.1. The summed E-state index contributed by atoms with van der Waals surface area (Å²) in [4.78, 5) is 16.5. The smallest absolute Gasteiger partial charge is 0.176 e. The van der Waals surface area contributed by atoms with E-state index in [-0.39, 0.29) is 17.9 Å². The fourth-order valence-corrected chi connectivity index (χ4v) is 2.95. The van der Waals surface area contributed by atoms with Crippen LogP contribution in [0.15, 0.2) is 18.2 Å². The molecule has 21 heavy (non-hydrogen) atoms. The first-order valence-corrected chi connectivity index (χ1v) is 7.42. The van der Waals surface area contributed by atoms with Gasteiger partial charge in [-0.3, -0.25) is 14.6 Å². The predicted octanol–water partition coefficient (Wildman–Crippen LogP) is 2.56. The summed E-state index contributed by atoms with van der Waals surface area (Å²) in [6.07, 6.45) is 2.35. The van der Waals surface area contributed by atoms with Crippen LogP contribution >= 0.6 is 0 Å². The van der Waals surface area contributed by atoms with Crippen molar-refractivity contribution >= 4 is 5.78 Å². The Morgan fingerprint density at radius 2 is 2.14 bits per heavy atom. The molecule has 1 aliphatic heterocycles. The highest BCUT2D eigenvalue weighted by atomic mass is 19.2. The number of likely N-dealkylation sites (tertiary alicyclic amines) is 1. The molecule has 0 saturated carbocycles. The minimum atomic E-state index is -0.976. The number of halogens is 2. The van der Waals surface area contributed by atoms with E-state index in [1.54, 1.807) is 0 Å². The van der Waals surface area contributed by atoms with E-state index in [1.165, 1.54) is 12.5 Å². The number of carbonyl (C=O) groups excluding carboxylic acids is 1. The summed E-state index contributed by atoms with van der Waals surface area (Å²) >= 11 is 0. The third-order valence-corrected chi connectivity index (χ3v) is 4.08. The molecular weight excluding hydrogens is 274 g/mol. The molecule has 5 heteroatoms. The van der Waals surface area contributed by atoms with Crippen molar-refractivity contribution < 1.29 is 13.6 Å². The van der Waals surface area contributed by atoms with Gasteiger partial charge >= 0.3 is 0 Å².